The third-order valence-corrected chi connectivity index (χ3v) is 7.03. The fourth-order valence-electron chi connectivity index (χ4n) is 5.14. The normalized spacial score (nSPS) is 34.6. The van der Waals surface area contributed by atoms with Crippen LogP contribution in [0.25, 0.3) is 0 Å². The van der Waals surface area contributed by atoms with Crippen molar-refractivity contribution in [1.82, 2.24) is 0 Å². The molecule has 1 N–H and O–H groups in total. The van der Waals surface area contributed by atoms with Crippen molar-refractivity contribution in [1.29, 1.82) is 0 Å². The Labute approximate surface area is 153 Å². The number of hydrogen-bond donors (Lipinski definition) is 1. The lowest BCUT2D eigenvalue weighted by Crippen LogP contribution is -2.47. The summed E-state index contributed by atoms with van der Waals surface area (Å²) in [6, 6.07) is 0. The summed E-state index contributed by atoms with van der Waals surface area (Å²) in [5, 5.41) is 8.94. The van der Waals surface area contributed by atoms with Gasteiger partial charge < -0.3 is 5.11 Å². The molecule has 2 fully saturated rings. The van der Waals surface area contributed by atoms with Crippen molar-refractivity contribution in [3.8, 4) is 0 Å². The third kappa shape index (κ3) is 5.12. The molecule has 2 aliphatic carbocycles. The molecule has 0 bridgehead atoms. The zero-order chi connectivity index (χ0) is 18.9. The lowest BCUT2D eigenvalue weighted by Gasteiger charge is -2.48. The second kappa shape index (κ2) is 7.46. The van der Waals surface area contributed by atoms with Gasteiger partial charge in [-0.25, -0.2) is 4.79 Å². The van der Waals surface area contributed by atoms with Crippen molar-refractivity contribution in [2.24, 2.45) is 28.6 Å². The minimum atomic E-state index is -1.33. The van der Waals surface area contributed by atoms with Crippen molar-refractivity contribution in [3.05, 3.63) is 0 Å². The number of rotatable bonds is 3. The van der Waals surface area contributed by atoms with Crippen LogP contribution >= 0.6 is 0 Å². The Kier molecular flexibility index (Phi) is 6.13. The molecule has 0 aliphatic heterocycles. The van der Waals surface area contributed by atoms with Crippen LogP contribution in [0.4, 0.5) is 4.79 Å². The molecule has 0 heterocycles. The Morgan fingerprint density at radius 3 is 1.68 bits per heavy atom. The van der Waals surface area contributed by atoms with Crippen molar-refractivity contribution in [3.63, 3.8) is 0 Å². The summed E-state index contributed by atoms with van der Waals surface area (Å²) in [6.45, 7) is 13.9. The van der Waals surface area contributed by atoms with Crippen LogP contribution in [0.3, 0.4) is 0 Å². The molecule has 0 unspecified atom stereocenters. The minimum absolute atomic E-state index is 0.295. The average molecular weight is 355 g/mol. The Balaban J connectivity index is 2.06. The molecule has 0 aromatic rings. The van der Waals surface area contributed by atoms with Crippen LogP contribution in [0.15, 0.2) is 0 Å². The highest BCUT2D eigenvalue weighted by Gasteiger charge is 2.48. The summed E-state index contributed by atoms with van der Waals surface area (Å²) < 4.78 is 0. The Morgan fingerprint density at radius 2 is 1.28 bits per heavy atom. The van der Waals surface area contributed by atoms with E-state index in [-0.39, 0.29) is 0 Å². The largest absolute Gasteiger partial charge is 0.537 e. The zero-order valence-corrected chi connectivity index (χ0v) is 17.1. The first-order valence-electron chi connectivity index (χ1n) is 10.0. The highest BCUT2D eigenvalue weighted by Crippen LogP contribution is 2.51. The van der Waals surface area contributed by atoms with E-state index in [0.717, 1.165) is 44.4 Å². The van der Waals surface area contributed by atoms with Gasteiger partial charge in [-0.15, -0.1) is 0 Å². The van der Waals surface area contributed by atoms with Crippen LogP contribution in [-0.4, -0.2) is 16.9 Å². The topological polar surface area (TPSA) is 55.8 Å². The van der Waals surface area contributed by atoms with Crippen molar-refractivity contribution >= 4 is 6.16 Å². The van der Waals surface area contributed by atoms with Crippen LogP contribution in [0.5, 0.6) is 0 Å². The van der Waals surface area contributed by atoms with Gasteiger partial charge in [0.25, 0.3) is 0 Å². The third-order valence-electron chi connectivity index (χ3n) is 7.03. The first kappa shape index (κ1) is 20.5. The zero-order valence-electron chi connectivity index (χ0n) is 17.1. The molecule has 0 aromatic heterocycles. The molecule has 0 amide bonds. The van der Waals surface area contributed by atoms with Crippen LogP contribution in [0.1, 0.15) is 92.9 Å². The van der Waals surface area contributed by atoms with Crippen LogP contribution in [0, 0.1) is 28.6 Å². The molecular weight excluding hydrogens is 316 g/mol. The van der Waals surface area contributed by atoms with Gasteiger partial charge in [0.1, 0.15) is 5.60 Å². The van der Waals surface area contributed by atoms with Gasteiger partial charge in [-0.1, -0.05) is 41.5 Å². The maximum absolute atomic E-state index is 10.9. The van der Waals surface area contributed by atoms with Crippen molar-refractivity contribution < 1.29 is 19.7 Å². The molecule has 2 saturated carbocycles. The van der Waals surface area contributed by atoms with Gasteiger partial charge in [0.15, 0.2) is 0 Å². The first-order valence-corrected chi connectivity index (χ1v) is 10.0. The lowest BCUT2D eigenvalue weighted by atomic mass is 9.60. The Bertz CT molecular complexity index is 441. The molecule has 0 aromatic carbocycles. The van der Waals surface area contributed by atoms with E-state index < -0.39 is 11.8 Å². The van der Waals surface area contributed by atoms with Gasteiger partial charge >= 0.3 is 6.16 Å². The molecule has 0 spiro atoms. The van der Waals surface area contributed by atoms with Gasteiger partial charge in [0.2, 0.25) is 0 Å². The van der Waals surface area contributed by atoms with E-state index >= 15 is 0 Å². The molecule has 0 saturated heterocycles. The maximum atomic E-state index is 10.9. The Hall–Kier alpha value is -0.770. The molecule has 4 heteroatoms. The number of hydrogen-bond acceptors (Lipinski definition) is 3. The van der Waals surface area contributed by atoms with E-state index in [9.17, 15) is 4.79 Å². The average Bonchev–Trinajstić information content (AvgIpc) is 2.52. The number of carbonyl (C=O) groups is 1. The highest BCUT2D eigenvalue weighted by molar-refractivity contribution is 5.55. The van der Waals surface area contributed by atoms with E-state index in [2.05, 4.69) is 46.4 Å². The summed E-state index contributed by atoms with van der Waals surface area (Å²) in [6.07, 6.45) is 7.30. The van der Waals surface area contributed by atoms with Gasteiger partial charge in [0, 0.05) is 0 Å². The molecule has 25 heavy (non-hydrogen) atoms. The molecule has 0 atom stereocenters. The SMILES string of the molecule is CC(C)(C)C1CCC(C2(OOC(=O)O)CCC(C(C)(C)C)CC2)CC1. The predicted molar refractivity (Wildman–Crippen MR) is 99.2 cm³/mol. The summed E-state index contributed by atoms with van der Waals surface area (Å²) in [5.41, 5.74) is 0.229. The second-order valence-corrected chi connectivity index (χ2v) is 10.6. The molecule has 2 aliphatic rings. The monoisotopic (exact) mass is 354 g/mol. The Morgan fingerprint density at radius 1 is 0.840 bits per heavy atom. The van der Waals surface area contributed by atoms with Gasteiger partial charge in [-0.05, 0) is 80.0 Å². The van der Waals surface area contributed by atoms with E-state index in [4.69, 9.17) is 9.99 Å². The first-order chi connectivity index (χ1) is 11.4. The summed E-state index contributed by atoms with van der Waals surface area (Å²) in [4.78, 5) is 21.3. The fourth-order valence-corrected chi connectivity index (χ4v) is 5.14. The van der Waals surface area contributed by atoms with Crippen LogP contribution in [0.2, 0.25) is 0 Å². The quantitative estimate of drug-likeness (QED) is 0.468. The minimum Gasteiger partial charge on any atom is -0.448 e. The second-order valence-electron chi connectivity index (χ2n) is 10.6. The molecule has 4 nitrogen and oxygen atoms in total. The maximum Gasteiger partial charge on any atom is 0.537 e. The van der Waals surface area contributed by atoms with E-state index in [1.54, 1.807) is 0 Å². The van der Waals surface area contributed by atoms with E-state index in [1.807, 2.05) is 0 Å². The van der Waals surface area contributed by atoms with Gasteiger partial charge in [-0.3, -0.25) is 4.89 Å². The predicted octanol–water partition coefficient (Wildman–Crippen LogP) is 6.44. The lowest BCUT2D eigenvalue weighted by molar-refractivity contribution is -0.350. The standard InChI is InChI=1S/C21H38O4/c1-19(2,3)15-7-9-17(10-8-15)21(25-24-18(22)23)13-11-16(12-14-21)20(4,5)6/h15-17H,7-14H2,1-6H3,(H,22,23). The summed E-state index contributed by atoms with van der Waals surface area (Å²) in [7, 11) is 0. The summed E-state index contributed by atoms with van der Waals surface area (Å²) >= 11 is 0. The van der Waals surface area contributed by atoms with Crippen molar-refractivity contribution in [2.75, 3.05) is 0 Å². The van der Waals surface area contributed by atoms with E-state index in [0.29, 0.717) is 22.7 Å². The fraction of sp³-hybridized carbons (Fsp3) is 0.952. The highest BCUT2D eigenvalue weighted by atomic mass is 17.2. The van der Waals surface area contributed by atoms with Crippen LogP contribution < -0.4 is 0 Å². The molecular formula is C21H38O4. The van der Waals surface area contributed by atoms with Crippen LogP contribution in [-0.2, 0) is 9.78 Å². The number of carboxylic acid groups (broad SMARTS) is 1. The van der Waals surface area contributed by atoms with E-state index in [1.165, 1.54) is 12.8 Å². The van der Waals surface area contributed by atoms with Gasteiger partial charge in [-0.2, -0.15) is 4.89 Å². The molecule has 0 radical (unpaired) electrons. The molecule has 146 valence electrons. The molecule has 2 rings (SSSR count). The summed E-state index contributed by atoms with van der Waals surface area (Å²) in [5.74, 6) is 1.82. The van der Waals surface area contributed by atoms with Crippen molar-refractivity contribution in [2.45, 2.75) is 98.5 Å². The smallest absolute Gasteiger partial charge is 0.448 e. The van der Waals surface area contributed by atoms with Gasteiger partial charge in [0.05, 0.1) is 0 Å².